The molecular formula is C24H25F4N3O4S. The number of likely N-dealkylation sites (N-methyl/N-ethyl adjacent to an activating group) is 1. The fraction of sp³-hybridized carbons (Fsp3) is 0.375. The molecule has 0 radical (unpaired) electrons. The summed E-state index contributed by atoms with van der Waals surface area (Å²) in [6.45, 7) is 4.18. The molecule has 2 aromatic rings. The highest BCUT2D eigenvalue weighted by Crippen LogP contribution is 2.43. The predicted octanol–water partition coefficient (Wildman–Crippen LogP) is 4.79. The van der Waals surface area contributed by atoms with Crippen molar-refractivity contribution in [1.29, 1.82) is 0 Å². The number of carbonyl (C=O) groups excluding carboxylic acids is 1. The number of nitrogens with zero attached hydrogens (tertiary/aromatic N) is 1. The molecule has 0 aromatic heterocycles. The average molecular weight is 528 g/mol. The highest BCUT2D eigenvalue weighted by atomic mass is 32.2. The van der Waals surface area contributed by atoms with Crippen molar-refractivity contribution in [2.75, 3.05) is 18.3 Å². The average Bonchev–Trinajstić information content (AvgIpc) is 3.28. The number of benzene rings is 2. The number of ether oxygens (including phenoxy) is 1. The van der Waals surface area contributed by atoms with E-state index >= 15 is 4.39 Å². The quantitative estimate of drug-likeness (QED) is 0.528. The zero-order valence-corrected chi connectivity index (χ0v) is 20.5. The number of rotatable bonds is 6. The molecule has 4 rings (SSSR count). The largest absolute Gasteiger partial charge is 0.516 e. The van der Waals surface area contributed by atoms with Gasteiger partial charge in [0.2, 0.25) is 5.91 Å². The van der Waals surface area contributed by atoms with Crippen LogP contribution in [0.3, 0.4) is 0 Å². The lowest BCUT2D eigenvalue weighted by molar-refractivity contribution is -0.130. The van der Waals surface area contributed by atoms with Crippen molar-refractivity contribution >= 4 is 27.2 Å². The van der Waals surface area contributed by atoms with Crippen LogP contribution in [0.2, 0.25) is 0 Å². The summed E-state index contributed by atoms with van der Waals surface area (Å²) in [5.74, 6) is -1.20. The number of amides is 1. The van der Waals surface area contributed by atoms with E-state index in [4.69, 9.17) is 4.74 Å². The second-order valence-electron chi connectivity index (χ2n) is 9.04. The summed E-state index contributed by atoms with van der Waals surface area (Å²) in [5, 5.41) is 3.12. The molecule has 2 unspecified atom stereocenters. The van der Waals surface area contributed by atoms with Crippen molar-refractivity contribution in [3.63, 3.8) is 0 Å². The second-order valence-corrected chi connectivity index (χ2v) is 10.7. The third kappa shape index (κ3) is 4.79. The molecule has 1 amide bonds. The molecule has 0 aliphatic carbocycles. The SMILES string of the molecule is CC(C)c1cccc(Oc2ccc(NS(=O)(=O)C(F)(F)F)cc2C2=CN(C)C(=O)C3NCCC23)c1F. The standard InChI is InChI=1S/C24H25F4N3O4S/c1-13(2)15-5-4-6-20(21(15)25)35-19-8-7-14(30-36(33,34)24(26,27)28)11-17(19)18-12-31(3)23(32)22-16(18)9-10-29-22/h4-8,11-13,16,22,29-30H,9-10H2,1-3H3. The monoisotopic (exact) mass is 527 g/mol. The van der Waals surface area contributed by atoms with Gasteiger partial charge in [-0.1, -0.05) is 26.0 Å². The van der Waals surface area contributed by atoms with Crippen molar-refractivity contribution in [2.45, 2.75) is 37.7 Å². The first-order chi connectivity index (χ1) is 16.8. The maximum atomic E-state index is 15.1. The first-order valence-corrected chi connectivity index (χ1v) is 12.7. The summed E-state index contributed by atoms with van der Waals surface area (Å²) in [4.78, 5) is 13.9. The lowest BCUT2D eigenvalue weighted by atomic mass is 9.84. The molecule has 2 heterocycles. The molecule has 2 aromatic carbocycles. The van der Waals surface area contributed by atoms with E-state index in [1.165, 1.54) is 27.8 Å². The Kier molecular flexibility index (Phi) is 6.78. The minimum absolute atomic E-state index is 0.0898. The van der Waals surface area contributed by atoms with Crippen LogP contribution in [0, 0.1) is 11.7 Å². The van der Waals surface area contributed by atoms with E-state index in [2.05, 4.69) is 5.32 Å². The van der Waals surface area contributed by atoms with Crippen LogP contribution >= 0.6 is 0 Å². The van der Waals surface area contributed by atoms with Gasteiger partial charge in [-0.3, -0.25) is 9.52 Å². The van der Waals surface area contributed by atoms with Gasteiger partial charge >= 0.3 is 15.5 Å². The van der Waals surface area contributed by atoms with Crippen molar-refractivity contribution in [2.24, 2.45) is 5.92 Å². The Bertz CT molecular complexity index is 1330. The van der Waals surface area contributed by atoms with Gasteiger partial charge in [-0.25, -0.2) is 4.39 Å². The minimum atomic E-state index is -5.68. The van der Waals surface area contributed by atoms with Gasteiger partial charge in [0.05, 0.1) is 6.04 Å². The van der Waals surface area contributed by atoms with E-state index in [0.29, 0.717) is 24.1 Å². The van der Waals surface area contributed by atoms with Gasteiger partial charge < -0.3 is 15.0 Å². The topological polar surface area (TPSA) is 87.7 Å². The molecule has 2 atom stereocenters. The zero-order chi connectivity index (χ0) is 26.4. The summed E-state index contributed by atoms with van der Waals surface area (Å²) in [6, 6.07) is 7.71. The number of anilines is 1. The Morgan fingerprint density at radius 2 is 1.89 bits per heavy atom. The van der Waals surface area contributed by atoms with Gasteiger partial charge in [0, 0.05) is 30.4 Å². The van der Waals surface area contributed by atoms with Gasteiger partial charge in [-0.2, -0.15) is 21.6 Å². The summed E-state index contributed by atoms with van der Waals surface area (Å²) in [6.07, 6.45) is 2.10. The number of halogens is 4. The van der Waals surface area contributed by atoms with Gasteiger partial charge in [0.15, 0.2) is 11.6 Å². The fourth-order valence-corrected chi connectivity index (χ4v) is 5.00. The van der Waals surface area contributed by atoms with Crippen LogP contribution in [-0.2, 0) is 14.8 Å². The van der Waals surface area contributed by atoms with E-state index in [-0.39, 0.29) is 40.5 Å². The Morgan fingerprint density at radius 3 is 2.56 bits per heavy atom. The van der Waals surface area contributed by atoms with E-state index in [1.807, 2.05) is 13.8 Å². The maximum absolute atomic E-state index is 15.1. The normalized spacial score (nSPS) is 20.4. The summed E-state index contributed by atoms with van der Waals surface area (Å²) in [5.41, 5.74) is -4.65. The number of nitrogens with one attached hydrogen (secondary N) is 2. The van der Waals surface area contributed by atoms with Gasteiger partial charge in [0.25, 0.3) is 0 Å². The van der Waals surface area contributed by atoms with Crippen LogP contribution < -0.4 is 14.8 Å². The Balaban J connectivity index is 1.83. The van der Waals surface area contributed by atoms with E-state index in [9.17, 15) is 26.4 Å². The van der Waals surface area contributed by atoms with Crippen LogP contribution in [0.15, 0.2) is 42.6 Å². The van der Waals surface area contributed by atoms with Crippen molar-refractivity contribution in [3.05, 3.63) is 59.5 Å². The molecule has 0 saturated carbocycles. The third-order valence-corrected chi connectivity index (χ3v) is 7.36. The molecule has 1 saturated heterocycles. The second kappa shape index (κ2) is 9.40. The lowest BCUT2D eigenvalue weighted by Crippen LogP contribution is -2.46. The molecule has 1 fully saturated rings. The van der Waals surface area contributed by atoms with Crippen molar-refractivity contribution in [3.8, 4) is 11.5 Å². The van der Waals surface area contributed by atoms with Crippen molar-refractivity contribution < 1.29 is 35.5 Å². The van der Waals surface area contributed by atoms with Crippen LogP contribution in [0.5, 0.6) is 11.5 Å². The van der Waals surface area contributed by atoms with E-state index in [1.54, 1.807) is 25.4 Å². The molecule has 36 heavy (non-hydrogen) atoms. The summed E-state index contributed by atoms with van der Waals surface area (Å²) in [7, 11) is -4.13. The van der Waals surface area contributed by atoms with Crippen LogP contribution in [0.4, 0.5) is 23.2 Å². The number of alkyl halides is 3. The first kappa shape index (κ1) is 26.0. The van der Waals surface area contributed by atoms with Gasteiger partial charge in [0.1, 0.15) is 5.75 Å². The Morgan fingerprint density at radius 1 is 1.17 bits per heavy atom. The molecule has 12 heteroatoms. The van der Waals surface area contributed by atoms with Crippen LogP contribution in [0.1, 0.15) is 37.3 Å². The fourth-order valence-electron chi connectivity index (χ4n) is 4.45. The zero-order valence-electron chi connectivity index (χ0n) is 19.7. The summed E-state index contributed by atoms with van der Waals surface area (Å²) < 4.78 is 84.9. The Labute approximate surface area is 206 Å². The molecule has 2 aliphatic rings. The molecule has 0 bridgehead atoms. The molecule has 194 valence electrons. The van der Waals surface area contributed by atoms with Gasteiger partial charge in [-0.15, -0.1) is 0 Å². The van der Waals surface area contributed by atoms with Crippen molar-refractivity contribution in [1.82, 2.24) is 10.2 Å². The van der Waals surface area contributed by atoms with E-state index in [0.717, 1.165) is 6.07 Å². The number of fused-ring (bicyclic) bond motifs is 1. The minimum Gasteiger partial charge on any atom is -0.454 e. The van der Waals surface area contributed by atoms with Gasteiger partial charge in [-0.05, 0) is 54.3 Å². The number of hydrogen-bond acceptors (Lipinski definition) is 5. The molecule has 2 aliphatic heterocycles. The molecular weight excluding hydrogens is 502 g/mol. The molecule has 7 nitrogen and oxygen atoms in total. The third-order valence-electron chi connectivity index (χ3n) is 6.25. The highest BCUT2D eigenvalue weighted by molar-refractivity contribution is 7.93. The molecule has 0 spiro atoms. The highest BCUT2D eigenvalue weighted by Gasteiger charge is 2.46. The van der Waals surface area contributed by atoms with Crippen LogP contribution in [-0.4, -0.2) is 44.4 Å². The Hall–Kier alpha value is -3.12. The van der Waals surface area contributed by atoms with E-state index < -0.39 is 27.4 Å². The number of hydrogen-bond donors (Lipinski definition) is 2. The van der Waals surface area contributed by atoms with Crippen LogP contribution in [0.25, 0.3) is 5.57 Å². The number of carbonyl (C=O) groups is 1. The summed E-state index contributed by atoms with van der Waals surface area (Å²) >= 11 is 0. The predicted molar refractivity (Wildman–Crippen MR) is 126 cm³/mol. The number of sulfonamides is 1. The first-order valence-electron chi connectivity index (χ1n) is 11.2. The maximum Gasteiger partial charge on any atom is 0.516 e. The smallest absolute Gasteiger partial charge is 0.454 e. The lowest BCUT2D eigenvalue weighted by Gasteiger charge is -2.32. The molecule has 2 N–H and O–H groups in total.